The van der Waals surface area contributed by atoms with Gasteiger partial charge in [0.1, 0.15) is 12.4 Å². The lowest BCUT2D eigenvalue weighted by atomic mass is 9.85. The molecule has 2 aromatic carbocycles. The Hall–Kier alpha value is -2.61. The Bertz CT molecular complexity index is 1180. The van der Waals surface area contributed by atoms with Gasteiger partial charge in [-0.2, -0.15) is 0 Å². The fourth-order valence-electron chi connectivity index (χ4n) is 3.76. The van der Waals surface area contributed by atoms with Crippen molar-refractivity contribution in [3.05, 3.63) is 86.4 Å². The molecular weight excluding hydrogens is 485 g/mol. The van der Waals surface area contributed by atoms with Gasteiger partial charge in [0, 0.05) is 10.6 Å². The first kappa shape index (κ1) is 23.5. The van der Waals surface area contributed by atoms with Gasteiger partial charge in [0.05, 0.1) is 39.5 Å². The third kappa shape index (κ3) is 5.00. The molecule has 2 aromatic rings. The summed E-state index contributed by atoms with van der Waals surface area (Å²) >= 11 is 13.8. The molecule has 2 heterocycles. The average Bonchev–Trinajstić information content (AvgIpc) is 3.15. The molecule has 0 fully saturated rings. The summed E-state index contributed by atoms with van der Waals surface area (Å²) < 4.78 is 15.9. The first-order chi connectivity index (χ1) is 15.9. The summed E-state index contributed by atoms with van der Waals surface area (Å²) in [6, 6.07) is 13.2. The summed E-state index contributed by atoms with van der Waals surface area (Å²) in [5.41, 5.74) is 3.55. The first-order valence-electron chi connectivity index (χ1n) is 10.3. The number of hydrogen-bond acceptors (Lipinski definition) is 7. The van der Waals surface area contributed by atoms with Crippen molar-refractivity contribution in [1.82, 2.24) is 5.32 Å². The number of cyclic esters (lactones) is 1. The molecule has 0 aromatic heterocycles. The lowest BCUT2D eigenvalue weighted by Crippen LogP contribution is -2.28. The number of thioether (sulfide) groups is 1. The number of nitrogens with one attached hydrogen (secondary N) is 1. The summed E-state index contributed by atoms with van der Waals surface area (Å²) in [7, 11) is 0. The molecule has 0 bridgehead atoms. The van der Waals surface area contributed by atoms with E-state index in [2.05, 4.69) is 5.32 Å². The molecule has 0 spiro atoms. The predicted molar refractivity (Wildman–Crippen MR) is 127 cm³/mol. The number of benzene rings is 2. The third-order valence-corrected chi connectivity index (χ3v) is 7.11. The van der Waals surface area contributed by atoms with E-state index in [1.807, 2.05) is 36.4 Å². The van der Waals surface area contributed by atoms with Crippen LogP contribution in [0, 0.1) is 0 Å². The van der Waals surface area contributed by atoms with Gasteiger partial charge in [-0.15, -0.1) is 11.8 Å². The lowest BCUT2D eigenvalue weighted by molar-refractivity contribution is -0.136. The second-order valence-corrected chi connectivity index (χ2v) is 9.21. The monoisotopic (exact) mass is 505 g/mol. The number of ether oxygens (including phenoxy) is 3. The van der Waals surface area contributed by atoms with Gasteiger partial charge in [0.2, 0.25) is 0 Å². The van der Waals surface area contributed by atoms with Crippen molar-refractivity contribution in [2.75, 3.05) is 13.2 Å². The summed E-state index contributed by atoms with van der Waals surface area (Å²) in [5, 5.41) is 4.14. The van der Waals surface area contributed by atoms with Crippen LogP contribution in [-0.2, 0) is 24.8 Å². The molecule has 0 saturated heterocycles. The fraction of sp³-hybridized carbons (Fsp3) is 0.250. The highest BCUT2D eigenvalue weighted by Gasteiger charge is 2.41. The van der Waals surface area contributed by atoms with Crippen LogP contribution in [0.4, 0.5) is 4.79 Å². The Morgan fingerprint density at radius 2 is 2.00 bits per heavy atom. The van der Waals surface area contributed by atoms with E-state index in [1.54, 1.807) is 31.7 Å². The summed E-state index contributed by atoms with van der Waals surface area (Å²) in [5.74, 6) is -0.109. The van der Waals surface area contributed by atoms with Crippen LogP contribution in [0.25, 0.3) is 0 Å². The van der Waals surface area contributed by atoms with Crippen LogP contribution < -0.4 is 5.32 Å². The first-order valence-corrected chi connectivity index (χ1v) is 12.0. The van der Waals surface area contributed by atoms with Crippen molar-refractivity contribution in [3.63, 3.8) is 0 Å². The van der Waals surface area contributed by atoms with E-state index in [0.29, 0.717) is 38.5 Å². The van der Waals surface area contributed by atoms with Crippen molar-refractivity contribution < 1.29 is 23.8 Å². The minimum Gasteiger partial charge on any atom is -0.456 e. The van der Waals surface area contributed by atoms with Gasteiger partial charge in [-0.25, -0.2) is 9.59 Å². The van der Waals surface area contributed by atoms with E-state index >= 15 is 0 Å². The van der Waals surface area contributed by atoms with Crippen LogP contribution in [0.3, 0.4) is 0 Å². The maximum absolute atomic E-state index is 12.7. The molecule has 1 N–H and O–H groups in total. The maximum atomic E-state index is 12.7. The molecule has 172 valence electrons. The van der Waals surface area contributed by atoms with Crippen molar-refractivity contribution in [1.29, 1.82) is 0 Å². The molecule has 2 aliphatic rings. The highest BCUT2D eigenvalue weighted by molar-refractivity contribution is 7.98. The molecule has 0 radical (unpaired) electrons. The van der Waals surface area contributed by atoms with E-state index in [9.17, 15) is 9.59 Å². The zero-order chi connectivity index (χ0) is 23.5. The quantitative estimate of drug-likeness (QED) is 0.370. The Morgan fingerprint density at radius 3 is 2.76 bits per heavy atom. The molecule has 4 rings (SSSR count). The van der Waals surface area contributed by atoms with Gasteiger partial charge in [0.25, 0.3) is 0 Å². The second-order valence-electron chi connectivity index (χ2n) is 7.38. The highest BCUT2D eigenvalue weighted by atomic mass is 35.5. The van der Waals surface area contributed by atoms with Crippen LogP contribution in [0.15, 0.2) is 70.1 Å². The van der Waals surface area contributed by atoms with Gasteiger partial charge in [-0.05, 0) is 43.2 Å². The smallest absolute Gasteiger partial charge is 0.456 e. The van der Waals surface area contributed by atoms with Crippen molar-refractivity contribution in [2.45, 2.75) is 30.4 Å². The van der Waals surface area contributed by atoms with Crippen molar-refractivity contribution in [3.8, 4) is 0 Å². The van der Waals surface area contributed by atoms with Crippen molar-refractivity contribution in [2.24, 2.45) is 0 Å². The minimum absolute atomic E-state index is 0.146. The van der Waals surface area contributed by atoms with Crippen molar-refractivity contribution >= 4 is 47.1 Å². The zero-order valence-electron chi connectivity index (χ0n) is 17.9. The Morgan fingerprint density at radius 1 is 1.21 bits per heavy atom. The molecule has 33 heavy (non-hydrogen) atoms. The number of carbonyl (C=O) groups excluding carboxylic acids is 2. The van der Waals surface area contributed by atoms with Crippen LogP contribution >= 0.6 is 35.0 Å². The van der Waals surface area contributed by atoms with Gasteiger partial charge in [-0.1, -0.05) is 47.5 Å². The average molecular weight is 506 g/mol. The Labute approximate surface area is 205 Å². The molecule has 1 atom stereocenters. The number of rotatable bonds is 6. The van der Waals surface area contributed by atoms with E-state index in [0.717, 1.165) is 16.0 Å². The maximum Gasteiger partial charge on any atom is 0.513 e. The highest BCUT2D eigenvalue weighted by Crippen LogP contribution is 2.45. The van der Waals surface area contributed by atoms with Gasteiger partial charge in [-0.3, -0.25) is 0 Å². The van der Waals surface area contributed by atoms with Gasteiger partial charge in [0.15, 0.2) is 0 Å². The van der Waals surface area contributed by atoms with E-state index < -0.39 is 18.0 Å². The Balaban J connectivity index is 1.71. The molecular formula is C24H21Cl2NO5S. The molecule has 0 amide bonds. The molecule has 6 nitrogen and oxygen atoms in total. The van der Waals surface area contributed by atoms with E-state index in [4.69, 9.17) is 37.4 Å². The number of allylic oxidation sites excluding steroid dienone is 2. The number of halogens is 2. The van der Waals surface area contributed by atoms with Crippen LogP contribution in [-0.4, -0.2) is 25.3 Å². The topological polar surface area (TPSA) is 73.9 Å². The molecule has 0 saturated carbocycles. The fourth-order valence-corrected chi connectivity index (χ4v) is 5.11. The summed E-state index contributed by atoms with van der Waals surface area (Å²) in [6.07, 6.45) is -0.824. The zero-order valence-corrected chi connectivity index (χ0v) is 20.3. The summed E-state index contributed by atoms with van der Waals surface area (Å²) in [6.45, 7) is 3.81. The second kappa shape index (κ2) is 10.1. The van der Waals surface area contributed by atoms with Crippen LogP contribution in [0.1, 0.15) is 30.9 Å². The SMILES string of the molecule is CCOC(=O)OC1=C(C)NC2=C(C(=O)OC2)C1c1ccccc1SCc1ccc(Cl)c(Cl)c1. The molecule has 2 aliphatic heterocycles. The normalized spacial score (nSPS) is 17.5. The number of carbonyl (C=O) groups is 2. The predicted octanol–water partition coefficient (Wildman–Crippen LogP) is 6.19. The van der Waals surface area contributed by atoms with Crippen LogP contribution in [0.2, 0.25) is 10.0 Å². The number of esters is 1. The molecule has 0 aliphatic carbocycles. The van der Waals surface area contributed by atoms with E-state index in [-0.39, 0.29) is 13.2 Å². The molecule has 9 heteroatoms. The molecule has 1 unspecified atom stereocenters. The standard InChI is InChI=1S/C24H21Cl2NO5S/c1-3-30-24(29)32-22-13(2)27-18-11-31-23(28)21(18)20(22)15-6-4-5-7-19(15)33-12-14-8-9-16(25)17(26)10-14/h4-10,20,27H,3,11-12H2,1-2H3. The number of hydrogen-bond donors (Lipinski definition) is 1. The Kier molecular flexibility index (Phi) is 7.22. The third-order valence-electron chi connectivity index (χ3n) is 5.22. The lowest BCUT2D eigenvalue weighted by Gasteiger charge is -2.28. The van der Waals surface area contributed by atoms with Gasteiger partial charge < -0.3 is 19.5 Å². The minimum atomic E-state index is -0.824. The van der Waals surface area contributed by atoms with E-state index in [1.165, 1.54) is 0 Å². The largest absolute Gasteiger partial charge is 0.513 e. The number of dihydropyridines is 1. The van der Waals surface area contributed by atoms with Crippen LogP contribution in [0.5, 0.6) is 0 Å². The summed E-state index contributed by atoms with van der Waals surface area (Å²) in [4.78, 5) is 25.8. The van der Waals surface area contributed by atoms with Gasteiger partial charge >= 0.3 is 12.1 Å².